The second-order valence-corrected chi connectivity index (χ2v) is 3.04. The molecule has 11 heavy (non-hydrogen) atoms. The number of rotatable bonds is 3. The summed E-state index contributed by atoms with van der Waals surface area (Å²) in [5, 5.41) is 3.38. The van der Waals surface area contributed by atoms with Crippen molar-refractivity contribution >= 4 is 6.41 Å². The van der Waals surface area contributed by atoms with Gasteiger partial charge in [-0.15, -0.1) is 0 Å². The predicted molar refractivity (Wildman–Crippen MR) is 44.3 cm³/mol. The first kappa shape index (κ1) is 8.53. The lowest BCUT2D eigenvalue weighted by molar-refractivity contribution is -0.119. The molecule has 0 bridgehead atoms. The molecule has 0 spiro atoms. The first-order valence-electron chi connectivity index (χ1n) is 4.29. The maximum Gasteiger partial charge on any atom is 0.209 e. The van der Waals surface area contributed by atoms with E-state index in [0.717, 1.165) is 26.0 Å². The molecule has 3 heteroatoms. The summed E-state index contributed by atoms with van der Waals surface area (Å²) in [5.74, 6) is 0. The molecule has 0 saturated carbocycles. The smallest absolute Gasteiger partial charge is 0.209 e. The minimum absolute atomic E-state index is 0.527. The third-order valence-electron chi connectivity index (χ3n) is 2.07. The van der Waals surface area contributed by atoms with Crippen molar-refractivity contribution in [1.29, 1.82) is 0 Å². The van der Waals surface area contributed by atoms with Gasteiger partial charge in [0.15, 0.2) is 0 Å². The molecule has 1 unspecified atom stereocenters. The van der Waals surface area contributed by atoms with Crippen molar-refractivity contribution in [2.75, 3.05) is 19.6 Å². The Labute approximate surface area is 67.8 Å². The van der Waals surface area contributed by atoms with Gasteiger partial charge in [0.2, 0.25) is 6.41 Å². The summed E-state index contributed by atoms with van der Waals surface area (Å²) in [6.07, 6.45) is 3.30. The Kier molecular flexibility index (Phi) is 3.36. The highest BCUT2D eigenvalue weighted by molar-refractivity contribution is 5.47. The zero-order valence-electron chi connectivity index (χ0n) is 7.05. The lowest BCUT2D eigenvalue weighted by atomic mass is 10.1. The number of carbonyl (C=O) groups excluding carboxylic acids is 1. The van der Waals surface area contributed by atoms with E-state index < -0.39 is 0 Å². The van der Waals surface area contributed by atoms with Crippen LogP contribution in [0, 0.1) is 0 Å². The van der Waals surface area contributed by atoms with Crippen molar-refractivity contribution in [2.24, 2.45) is 0 Å². The maximum atomic E-state index is 10.4. The van der Waals surface area contributed by atoms with Gasteiger partial charge in [-0.3, -0.25) is 4.79 Å². The molecule has 1 rings (SSSR count). The van der Waals surface area contributed by atoms with Crippen molar-refractivity contribution in [1.82, 2.24) is 10.2 Å². The van der Waals surface area contributed by atoms with Crippen LogP contribution in [0.5, 0.6) is 0 Å². The first-order valence-corrected chi connectivity index (χ1v) is 4.29. The molecule has 1 saturated heterocycles. The molecule has 1 amide bonds. The Morgan fingerprint density at radius 3 is 3.18 bits per heavy atom. The van der Waals surface area contributed by atoms with Crippen LogP contribution in [0.4, 0.5) is 0 Å². The topological polar surface area (TPSA) is 32.3 Å². The van der Waals surface area contributed by atoms with E-state index in [-0.39, 0.29) is 0 Å². The Morgan fingerprint density at radius 2 is 2.55 bits per heavy atom. The average molecular weight is 156 g/mol. The second-order valence-electron chi connectivity index (χ2n) is 3.04. The Hall–Kier alpha value is -0.570. The molecule has 0 aromatic heterocycles. The molecule has 1 heterocycles. The Morgan fingerprint density at radius 1 is 1.73 bits per heavy atom. The molecular weight excluding hydrogens is 140 g/mol. The van der Waals surface area contributed by atoms with Crippen molar-refractivity contribution in [3.63, 3.8) is 0 Å². The third kappa shape index (κ3) is 2.50. The van der Waals surface area contributed by atoms with Gasteiger partial charge < -0.3 is 10.2 Å². The van der Waals surface area contributed by atoms with Gasteiger partial charge in [0.1, 0.15) is 0 Å². The van der Waals surface area contributed by atoms with Crippen LogP contribution in [-0.2, 0) is 4.79 Å². The molecule has 0 aromatic rings. The minimum Gasteiger partial charge on any atom is -0.342 e. The summed E-state index contributed by atoms with van der Waals surface area (Å²) in [7, 11) is 0. The molecule has 3 nitrogen and oxygen atoms in total. The maximum absolute atomic E-state index is 10.4. The molecule has 1 N–H and O–H groups in total. The van der Waals surface area contributed by atoms with E-state index in [0.29, 0.717) is 6.04 Å². The van der Waals surface area contributed by atoms with E-state index in [2.05, 4.69) is 12.2 Å². The first-order chi connectivity index (χ1) is 5.36. The molecule has 64 valence electrons. The van der Waals surface area contributed by atoms with E-state index in [1.165, 1.54) is 12.8 Å². The van der Waals surface area contributed by atoms with Crippen molar-refractivity contribution < 1.29 is 4.79 Å². The largest absolute Gasteiger partial charge is 0.342 e. The van der Waals surface area contributed by atoms with Gasteiger partial charge in [0, 0.05) is 25.7 Å². The van der Waals surface area contributed by atoms with Crippen LogP contribution in [0.15, 0.2) is 0 Å². The Bertz CT molecular complexity index is 125. The summed E-state index contributed by atoms with van der Waals surface area (Å²) < 4.78 is 0. The van der Waals surface area contributed by atoms with E-state index in [1.54, 1.807) is 0 Å². The normalized spacial score (nSPS) is 25.2. The molecular formula is C8H16N2O. The molecule has 0 radical (unpaired) electrons. The van der Waals surface area contributed by atoms with Crippen molar-refractivity contribution in [3.05, 3.63) is 0 Å². The van der Waals surface area contributed by atoms with Crippen LogP contribution in [0.25, 0.3) is 0 Å². The van der Waals surface area contributed by atoms with Crippen molar-refractivity contribution in [3.8, 4) is 0 Å². The summed E-state index contributed by atoms with van der Waals surface area (Å²) in [5.41, 5.74) is 0. The predicted octanol–water partition coefficient (Wildman–Crippen LogP) is 0.217. The lowest BCUT2D eigenvalue weighted by Crippen LogP contribution is -2.49. The van der Waals surface area contributed by atoms with Crippen LogP contribution in [0.2, 0.25) is 0 Å². The van der Waals surface area contributed by atoms with Crippen LogP contribution in [0.3, 0.4) is 0 Å². The number of amides is 1. The summed E-state index contributed by atoms with van der Waals surface area (Å²) in [4.78, 5) is 12.3. The average Bonchev–Trinajstić information content (AvgIpc) is 2.06. The quantitative estimate of drug-likeness (QED) is 0.593. The van der Waals surface area contributed by atoms with Gasteiger partial charge in [-0.05, 0) is 6.42 Å². The monoisotopic (exact) mass is 156 g/mol. The lowest BCUT2D eigenvalue weighted by Gasteiger charge is -2.30. The zero-order valence-corrected chi connectivity index (χ0v) is 7.05. The van der Waals surface area contributed by atoms with E-state index in [1.807, 2.05) is 4.90 Å². The Balaban J connectivity index is 2.27. The zero-order chi connectivity index (χ0) is 8.10. The highest BCUT2D eigenvalue weighted by Gasteiger charge is 2.16. The number of nitrogens with one attached hydrogen (secondary N) is 1. The number of piperazine rings is 1. The number of nitrogens with zero attached hydrogens (tertiary/aromatic N) is 1. The van der Waals surface area contributed by atoms with Gasteiger partial charge in [-0.1, -0.05) is 13.3 Å². The van der Waals surface area contributed by atoms with Crippen LogP contribution in [0.1, 0.15) is 19.8 Å². The fourth-order valence-electron chi connectivity index (χ4n) is 1.49. The van der Waals surface area contributed by atoms with E-state index in [9.17, 15) is 4.79 Å². The molecule has 1 atom stereocenters. The van der Waals surface area contributed by atoms with Gasteiger partial charge in [0.25, 0.3) is 0 Å². The van der Waals surface area contributed by atoms with E-state index >= 15 is 0 Å². The van der Waals surface area contributed by atoms with Crippen molar-refractivity contribution in [2.45, 2.75) is 25.8 Å². The van der Waals surface area contributed by atoms with Gasteiger partial charge in [0.05, 0.1) is 0 Å². The number of hydrogen-bond acceptors (Lipinski definition) is 2. The van der Waals surface area contributed by atoms with Crippen LogP contribution >= 0.6 is 0 Å². The summed E-state index contributed by atoms with van der Waals surface area (Å²) in [6, 6.07) is 0.527. The summed E-state index contributed by atoms with van der Waals surface area (Å²) >= 11 is 0. The molecule has 1 aliphatic heterocycles. The second kappa shape index (κ2) is 4.34. The SMILES string of the molecule is CCCC1CN(C=O)CCN1. The van der Waals surface area contributed by atoms with Gasteiger partial charge >= 0.3 is 0 Å². The molecule has 0 aliphatic carbocycles. The molecule has 1 fully saturated rings. The third-order valence-corrected chi connectivity index (χ3v) is 2.07. The van der Waals surface area contributed by atoms with Crippen LogP contribution < -0.4 is 5.32 Å². The number of hydrogen-bond donors (Lipinski definition) is 1. The highest BCUT2D eigenvalue weighted by Crippen LogP contribution is 2.02. The summed E-state index contributed by atoms with van der Waals surface area (Å²) in [6.45, 7) is 4.87. The molecule has 1 aliphatic rings. The number of carbonyl (C=O) groups is 1. The van der Waals surface area contributed by atoms with E-state index in [4.69, 9.17) is 0 Å². The molecule has 0 aromatic carbocycles. The van der Waals surface area contributed by atoms with Gasteiger partial charge in [-0.25, -0.2) is 0 Å². The fraction of sp³-hybridized carbons (Fsp3) is 0.875. The highest BCUT2D eigenvalue weighted by atomic mass is 16.1. The van der Waals surface area contributed by atoms with Gasteiger partial charge in [-0.2, -0.15) is 0 Å². The fourth-order valence-corrected chi connectivity index (χ4v) is 1.49. The van der Waals surface area contributed by atoms with Crippen LogP contribution in [-0.4, -0.2) is 37.0 Å². The minimum atomic E-state index is 0.527. The standard InChI is InChI=1S/C8H16N2O/c1-2-3-8-6-10(7-11)5-4-9-8/h7-9H,2-6H2,1H3.